The molecular weight excluding hydrogens is 495 g/mol. The summed E-state index contributed by atoms with van der Waals surface area (Å²) in [6, 6.07) is 7.60. The minimum Gasteiger partial charge on any atom is -0.484 e. The van der Waals surface area contributed by atoms with Crippen LogP contribution in [0.5, 0.6) is 5.75 Å². The van der Waals surface area contributed by atoms with Gasteiger partial charge in [0.1, 0.15) is 5.75 Å². The molecule has 2 aromatic rings. The number of carbonyl (C=O) groups is 1. The molecule has 9 heteroatoms. The van der Waals surface area contributed by atoms with E-state index in [4.69, 9.17) is 15.5 Å². The lowest BCUT2D eigenvalue weighted by molar-refractivity contribution is -0.119. The van der Waals surface area contributed by atoms with Crippen molar-refractivity contribution in [3.63, 3.8) is 0 Å². The quantitative estimate of drug-likeness (QED) is 0.311. The topological polar surface area (TPSA) is 97.8 Å². The number of halogens is 1. The second-order valence-corrected chi connectivity index (χ2v) is 7.40. The third kappa shape index (κ3) is 7.19. The molecule has 1 unspecified atom stereocenters. The fourth-order valence-electron chi connectivity index (χ4n) is 3.58. The van der Waals surface area contributed by atoms with Crippen LogP contribution in [-0.4, -0.2) is 52.8 Å². The van der Waals surface area contributed by atoms with E-state index in [0.29, 0.717) is 18.2 Å². The Balaban J connectivity index is 0.00000320. The standard InChI is InChI=1S/C21H30N6O2.HI/c1-3-23-21(24-11-16-5-4-6-19(10-16)29-15-20(22)28)27-8-7-17(14-27)9-18-12-25-26(2)13-18;/h4-6,10,12-13,17H,3,7-9,11,14-15H2,1-2H3,(H2,22,28)(H,23,24);1H. The van der Waals surface area contributed by atoms with Gasteiger partial charge in [-0.2, -0.15) is 5.10 Å². The number of rotatable bonds is 8. The molecule has 1 aliphatic heterocycles. The molecule has 1 atom stereocenters. The lowest BCUT2D eigenvalue weighted by atomic mass is 10.0. The van der Waals surface area contributed by atoms with E-state index >= 15 is 0 Å². The molecular formula is C21H31IN6O2. The molecule has 3 N–H and O–H groups in total. The molecule has 1 amide bonds. The summed E-state index contributed by atoms with van der Waals surface area (Å²) in [6.45, 7) is 5.31. The molecule has 0 spiro atoms. The number of ether oxygens (including phenoxy) is 1. The number of benzene rings is 1. The zero-order chi connectivity index (χ0) is 20.6. The summed E-state index contributed by atoms with van der Waals surface area (Å²) in [5.74, 6) is 1.68. The zero-order valence-electron chi connectivity index (χ0n) is 17.6. The highest BCUT2D eigenvalue weighted by molar-refractivity contribution is 14.0. The smallest absolute Gasteiger partial charge is 0.255 e. The molecule has 0 saturated carbocycles. The molecule has 1 saturated heterocycles. The number of nitrogens with one attached hydrogen (secondary N) is 1. The summed E-state index contributed by atoms with van der Waals surface area (Å²) in [7, 11) is 1.95. The maximum absolute atomic E-state index is 10.9. The third-order valence-corrected chi connectivity index (χ3v) is 4.89. The van der Waals surface area contributed by atoms with Gasteiger partial charge in [0, 0.05) is 32.9 Å². The number of carbonyl (C=O) groups excluding carboxylic acids is 1. The number of hydrogen-bond donors (Lipinski definition) is 2. The average Bonchev–Trinajstić information content (AvgIpc) is 3.33. The molecule has 1 aromatic carbocycles. The maximum Gasteiger partial charge on any atom is 0.255 e. The average molecular weight is 526 g/mol. The first kappa shape index (κ1) is 24.0. The van der Waals surface area contributed by atoms with Crippen LogP contribution in [0.3, 0.4) is 0 Å². The van der Waals surface area contributed by atoms with Gasteiger partial charge in [0.05, 0.1) is 12.7 Å². The predicted molar refractivity (Wildman–Crippen MR) is 128 cm³/mol. The van der Waals surface area contributed by atoms with Gasteiger partial charge in [-0.15, -0.1) is 24.0 Å². The van der Waals surface area contributed by atoms with Crippen LogP contribution in [0.4, 0.5) is 0 Å². The molecule has 1 fully saturated rings. The van der Waals surface area contributed by atoms with Crippen molar-refractivity contribution in [2.75, 3.05) is 26.2 Å². The number of aromatic nitrogens is 2. The minimum absolute atomic E-state index is 0. The van der Waals surface area contributed by atoms with Crippen molar-refractivity contribution in [2.24, 2.45) is 23.7 Å². The van der Waals surface area contributed by atoms with E-state index in [2.05, 4.69) is 28.4 Å². The lowest BCUT2D eigenvalue weighted by Crippen LogP contribution is -2.40. The molecule has 0 bridgehead atoms. The number of likely N-dealkylation sites (tertiary alicyclic amines) is 1. The Hall–Kier alpha value is -2.30. The molecule has 1 aromatic heterocycles. The minimum atomic E-state index is -0.488. The number of hydrogen-bond acceptors (Lipinski definition) is 4. The first-order valence-electron chi connectivity index (χ1n) is 10.0. The van der Waals surface area contributed by atoms with Gasteiger partial charge >= 0.3 is 0 Å². The maximum atomic E-state index is 10.9. The van der Waals surface area contributed by atoms with Crippen LogP contribution in [0, 0.1) is 5.92 Å². The number of aryl methyl sites for hydroxylation is 1. The summed E-state index contributed by atoms with van der Waals surface area (Å²) in [5.41, 5.74) is 7.44. The molecule has 2 heterocycles. The monoisotopic (exact) mass is 526 g/mol. The number of guanidine groups is 1. The van der Waals surface area contributed by atoms with E-state index in [1.54, 1.807) is 0 Å². The Morgan fingerprint density at radius 3 is 2.93 bits per heavy atom. The van der Waals surface area contributed by atoms with Gasteiger partial charge in [-0.05, 0) is 48.9 Å². The van der Waals surface area contributed by atoms with Crippen LogP contribution >= 0.6 is 24.0 Å². The Morgan fingerprint density at radius 1 is 1.40 bits per heavy atom. The van der Waals surface area contributed by atoms with Crippen molar-refractivity contribution in [3.8, 4) is 5.75 Å². The van der Waals surface area contributed by atoms with E-state index in [0.717, 1.165) is 44.0 Å². The highest BCUT2D eigenvalue weighted by Gasteiger charge is 2.25. The van der Waals surface area contributed by atoms with Crippen LogP contribution in [0.15, 0.2) is 41.7 Å². The normalized spacial score (nSPS) is 16.3. The number of aliphatic imine (C=N–C) groups is 1. The van der Waals surface area contributed by atoms with E-state index in [1.165, 1.54) is 5.56 Å². The molecule has 164 valence electrons. The molecule has 0 radical (unpaired) electrons. The van der Waals surface area contributed by atoms with E-state index < -0.39 is 5.91 Å². The number of amides is 1. The van der Waals surface area contributed by atoms with Crippen LogP contribution in [0.1, 0.15) is 24.5 Å². The van der Waals surface area contributed by atoms with Crippen molar-refractivity contribution in [2.45, 2.75) is 26.3 Å². The summed E-state index contributed by atoms with van der Waals surface area (Å²) in [5, 5.41) is 7.67. The first-order valence-corrected chi connectivity index (χ1v) is 10.0. The van der Waals surface area contributed by atoms with Crippen LogP contribution in [-0.2, 0) is 24.8 Å². The van der Waals surface area contributed by atoms with Gasteiger partial charge in [-0.3, -0.25) is 9.48 Å². The fraction of sp³-hybridized carbons (Fsp3) is 0.476. The SMILES string of the molecule is CCNC(=NCc1cccc(OCC(N)=O)c1)N1CCC(Cc2cnn(C)c2)C1.I. The van der Waals surface area contributed by atoms with Crippen molar-refractivity contribution in [1.29, 1.82) is 0 Å². The van der Waals surface area contributed by atoms with E-state index in [9.17, 15) is 4.79 Å². The van der Waals surface area contributed by atoms with Crippen LogP contribution in [0.2, 0.25) is 0 Å². The summed E-state index contributed by atoms with van der Waals surface area (Å²) >= 11 is 0. The lowest BCUT2D eigenvalue weighted by Gasteiger charge is -2.21. The second kappa shape index (κ2) is 11.8. The number of nitrogens with two attached hydrogens (primary N) is 1. The van der Waals surface area contributed by atoms with Crippen molar-refractivity contribution >= 4 is 35.8 Å². The molecule has 30 heavy (non-hydrogen) atoms. The van der Waals surface area contributed by atoms with Gasteiger partial charge in [-0.25, -0.2) is 4.99 Å². The Labute approximate surface area is 194 Å². The molecule has 0 aliphatic carbocycles. The first-order chi connectivity index (χ1) is 14.0. The molecule has 3 rings (SSSR count). The predicted octanol–water partition coefficient (Wildman–Crippen LogP) is 1.93. The summed E-state index contributed by atoms with van der Waals surface area (Å²) < 4.78 is 7.23. The van der Waals surface area contributed by atoms with Gasteiger partial charge < -0.3 is 20.7 Å². The van der Waals surface area contributed by atoms with Crippen molar-refractivity contribution in [3.05, 3.63) is 47.8 Å². The second-order valence-electron chi connectivity index (χ2n) is 7.40. The Kier molecular flexibility index (Phi) is 9.41. The highest BCUT2D eigenvalue weighted by Crippen LogP contribution is 2.21. The Bertz CT molecular complexity index is 854. The number of primary amides is 1. The third-order valence-electron chi connectivity index (χ3n) is 4.89. The van der Waals surface area contributed by atoms with Gasteiger partial charge in [0.15, 0.2) is 12.6 Å². The van der Waals surface area contributed by atoms with Gasteiger partial charge in [0.2, 0.25) is 0 Å². The van der Waals surface area contributed by atoms with Gasteiger partial charge in [-0.1, -0.05) is 12.1 Å². The fourth-order valence-corrected chi connectivity index (χ4v) is 3.58. The summed E-state index contributed by atoms with van der Waals surface area (Å²) in [6.07, 6.45) is 6.24. The highest BCUT2D eigenvalue weighted by atomic mass is 127. The van der Waals surface area contributed by atoms with Gasteiger partial charge in [0.25, 0.3) is 5.91 Å². The number of nitrogens with zero attached hydrogens (tertiary/aromatic N) is 4. The van der Waals surface area contributed by atoms with E-state index in [-0.39, 0.29) is 30.6 Å². The van der Waals surface area contributed by atoms with Crippen molar-refractivity contribution in [1.82, 2.24) is 20.0 Å². The molecule has 1 aliphatic rings. The van der Waals surface area contributed by atoms with Crippen molar-refractivity contribution < 1.29 is 9.53 Å². The summed E-state index contributed by atoms with van der Waals surface area (Å²) in [4.78, 5) is 18.0. The van der Waals surface area contributed by atoms with Crippen LogP contribution < -0.4 is 15.8 Å². The van der Waals surface area contributed by atoms with E-state index in [1.807, 2.05) is 42.2 Å². The Morgan fingerprint density at radius 2 is 2.23 bits per heavy atom. The zero-order valence-corrected chi connectivity index (χ0v) is 19.9. The largest absolute Gasteiger partial charge is 0.484 e. The van der Waals surface area contributed by atoms with Crippen LogP contribution in [0.25, 0.3) is 0 Å². The molecule has 8 nitrogen and oxygen atoms in total.